The van der Waals surface area contributed by atoms with Gasteiger partial charge in [0.15, 0.2) is 6.61 Å². The average Bonchev–Trinajstić information content (AvgIpc) is 2.93. The molecule has 2 aromatic rings. The molecule has 148 valence electrons. The maximum absolute atomic E-state index is 12.4. The number of nitrogens with one attached hydrogen (secondary N) is 2. The third-order valence-electron chi connectivity index (χ3n) is 3.45. The van der Waals surface area contributed by atoms with E-state index in [2.05, 4.69) is 15.0 Å². The molecule has 0 saturated heterocycles. The lowest BCUT2D eigenvalue weighted by atomic mass is 10.1. The molecule has 1 amide bonds. The number of hydrogen-bond donors (Lipinski definition) is 2. The summed E-state index contributed by atoms with van der Waals surface area (Å²) in [5, 5.41) is 3.08. The first-order valence-corrected chi connectivity index (χ1v) is 8.22. The van der Waals surface area contributed by atoms with Gasteiger partial charge in [-0.25, -0.2) is 9.59 Å². The highest BCUT2D eigenvalue weighted by Gasteiger charge is 2.33. The fourth-order valence-electron chi connectivity index (χ4n) is 2.42. The average molecular weight is 386 g/mol. The van der Waals surface area contributed by atoms with E-state index in [1.54, 1.807) is 39.1 Å². The van der Waals surface area contributed by atoms with Gasteiger partial charge in [0.2, 0.25) is 0 Å². The van der Waals surface area contributed by atoms with E-state index in [1.165, 1.54) is 0 Å². The van der Waals surface area contributed by atoms with E-state index in [9.17, 15) is 22.8 Å². The van der Waals surface area contributed by atoms with Crippen LogP contribution in [0.15, 0.2) is 30.5 Å². The van der Waals surface area contributed by atoms with Gasteiger partial charge in [-0.2, -0.15) is 13.2 Å². The second-order valence-electron chi connectivity index (χ2n) is 6.99. The monoisotopic (exact) mass is 386 g/mol. The van der Waals surface area contributed by atoms with Crippen LogP contribution in [0.2, 0.25) is 0 Å². The largest absolute Gasteiger partial charge is 0.454 e. The Morgan fingerprint density at radius 2 is 1.85 bits per heavy atom. The molecule has 0 unspecified atom stereocenters. The molecule has 1 heterocycles. The van der Waals surface area contributed by atoms with Gasteiger partial charge in [-0.1, -0.05) is 18.2 Å². The lowest BCUT2D eigenvalue weighted by Crippen LogP contribution is -2.46. The number of halogens is 3. The summed E-state index contributed by atoms with van der Waals surface area (Å²) in [5.41, 5.74) is 0.619. The highest BCUT2D eigenvalue weighted by molar-refractivity contribution is 5.86. The molecule has 0 saturated carbocycles. The normalized spacial score (nSPS) is 13.3. The van der Waals surface area contributed by atoms with Crippen molar-refractivity contribution < 1.29 is 32.2 Å². The van der Waals surface area contributed by atoms with Gasteiger partial charge >= 0.3 is 18.2 Å². The lowest BCUT2D eigenvalue weighted by Gasteiger charge is -2.23. The first kappa shape index (κ1) is 20.6. The van der Waals surface area contributed by atoms with Crippen molar-refractivity contribution in [1.82, 2.24) is 10.3 Å². The van der Waals surface area contributed by atoms with Gasteiger partial charge in [-0.3, -0.25) is 0 Å². The molecule has 0 radical (unpaired) electrons. The van der Waals surface area contributed by atoms with Gasteiger partial charge in [0.05, 0.1) is 0 Å². The molecule has 1 atom stereocenters. The zero-order valence-corrected chi connectivity index (χ0v) is 15.1. The van der Waals surface area contributed by atoms with Crippen LogP contribution in [0.4, 0.5) is 18.0 Å². The third-order valence-corrected chi connectivity index (χ3v) is 3.45. The number of aromatic nitrogens is 1. The number of hydrogen-bond acceptors (Lipinski definition) is 4. The highest BCUT2D eigenvalue weighted by atomic mass is 19.4. The van der Waals surface area contributed by atoms with E-state index in [0.717, 1.165) is 10.9 Å². The first-order valence-electron chi connectivity index (χ1n) is 8.22. The van der Waals surface area contributed by atoms with Crippen LogP contribution < -0.4 is 5.32 Å². The van der Waals surface area contributed by atoms with Crippen molar-refractivity contribution in [3.63, 3.8) is 0 Å². The lowest BCUT2D eigenvalue weighted by molar-refractivity contribution is -0.187. The Bertz CT molecular complexity index is 809. The molecule has 1 aromatic carbocycles. The number of esters is 1. The second-order valence-corrected chi connectivity index (χ2v) is 6.99. The molecule has 27 heavy (non-hydrogen) atoms. The van der Waals surface area contributed by atoms with E-state index in [0.29, 0.717) is 5.56 Å². The van der Waals surface area contributed by atoms with Gasteiger partial charge in [0.25, 0.3) is 0 Å². The summed E-state index contributed by atoms with van der Waals surface area (Å²) in [4.78, 5) is 27.2. The summed E-state index contributed by atoms with van der Waals surface area (Å²) in [6.07, 6.45) is -4.01. The van der Waals surface area contributed by atoms with E-state index in [4.69, 9.17) is 4.74 Å². The molecule has 0 spiro atoms. The number of carbonyl (C=O) groups excluding carboxylic acids is 2. The van der Waals surface area contributed by atoms with E-state index < -0.39 is 36.5 Å². The summed E-state index contributed by atoms with van der Waals surface area (Å²) in [6.45, 7) is 3.15. The number of alkyl carbamates (subject to hydrolysis) is 1. The third kappa shape index (κ3) is 6.50. The number of aromatic amines is 1. The Balaban J connectivity index is 2.17. The van der Waals surface area contributed by atoms with E-state index in [1.807, 2.05) is 12.1 Å². The van der Waals surface area contributed by atoms with E-state index >= 15 is 0 Å². The Labute approximate surface area is 154 Å². The molecule has 0 fully saturated rings. The van der Waals surface area contributed by atoms with Gasteiger partial charge in [-0.05, 0) is 32.4 Å². The standard InChI is InChI=1S/C18H21F3N2O4/c1-17(2,3)27-16(25)23-14(15(24)26-10-18(19,20)21)8-11-9-22-13-7-5-4-6-12(11)13/h4-7,9,14,22H,8,10H2,1-3H3,(H,23,25)/t14-/m0/s1. The molecule has 1 aromatic heterocycles. The zero-order valence-electron chi connectivity index (χ0n) is 15.1. The minimum atomic E-state index is -4.66. The van der Waals surface area contributed by atoms with Crippen molar-refractivity contribution in [2.24, 2.45) is 0 Å². The number of carbonyl (C=O) groups is 2. The Kier molecular flexibility index (Phi) is 6.02. The van der Waals surface area contributed by atoms with Crippen LogP contribution >= 0.6 is 0 Å². The zero-order chi connectivity index (χ0) is 20.2. The maximum Gasteiger partial charge on any atom is 0.422 e. The van der Waals surface area contributed by atoms with Crippen LogP contribution in [0.25, 0.3) is 10.9 Å². The first-order chi connectivity index (χ1) is 12.4. The quantitative estimate of drug-likeness (QED) is 0.768. The highest BCUT2D eigenvalue weighted by Crippen LogP contribution is 2.20. The van der Waals surface area contributed by atoms with Crippen molar-refractivity contribution in [3.8, 4) is 0 Å². The molecule has 0 aliphatic rings. The SMILES string of the molecule is CC(C)(C)OC(=O)N[C@@H](Cc1c[nH]c2ccccc12)C(=O)OCC(F)(F)F. The van der Waals surface area contributed by atoms with Gasteiger partial charge in [0, 0.05) is 23.5 Å². The predicted octanol–water partition coefficient (Wildman–Crippen LogP) is 3.71. The number of alkyl halides is 3. The predicted molar refractivity (Wildman–Crippen MR) is 92.2 cm³/mol. The number of ether oxygens (including phenoxy) is 2. The van der Waals surface area contributed by atoms with Gasteiger partial charge in [-0.15, -0.1) is 0 Å². The van der Waals surface area contributed by atoms with Crippen LogP contribution in [0.3, 0.4) is 0 Å². The summed E-state index contributed by atoms with van der Waals surface area (Å²) < 4.78 is 46.5. The number of rotatable bonds is 5. The van der Waals surface area contributed by atoms with Crippen molar-refractivity contribution in [2.75, 3.05) is 6.61 Å². The van der Waals surface area contributed by atoms with Crippen LogP contribution in [-0.4, -0.2) is 41.5 Å². The summed E-state index contributed by atoms with van der Waals surface area (Å²) in [6, 6.07) is 5.89. The molecular weight excluding hydrogens is 365 g/mol. The van der Waals surface area contributed by atoms with Crippen molar-refractivity contribution in [1.29, 1.82) is 0 Å². The van der Waals surface area contributed by atoms with E-state index in [-0.39, 0.29) is 6.42 Å². The van der Waals surface area contributed by atoms with Crippen molar-refractivity contribution >= 4 is 23.0 Å². The van der Waals surface area contributed by atoms with Crippen LogP contribution in [0.1, 0.15) is 26.3 Å². The maximum atomic E-state index is 12.4. The number of amides is 1. The molecule has 6 nitrogen and oxygen atoms in total. The molecule has 9 heteroatoms. The Morgan fingerprint density at radius 1 is 1.19 bits per heavy atom. The molecule has 0 aliphatic heterocycles. The number of para-hydroxylation sites is 1. The minimum absolute atomic E-state index is 0.0556. The Morgan fingerprint density at radius 3 is 2.48 bits per heavy atom. The van der Waals surface area contributed by atoms with Crippen molar-refractivity contribution in [2.45, 2.75) is 45.0 Å². The summed E-state index contributed by atoms with van der Waals surface area (Å²) in [7, 11) is 0. The molecular formula is C18H21F3N2O4. The second kappa shape index (κ2) is 7.89. The number of H-pyrrole nitrogens is 1. The van der Waals surface area contributed by atoms with Crippen molar-refractivity contribution in [3.05, 3.63) is 36.0 Å². The van der Waals surface area contributed by atoms with Crippen LogP contribution in [-0.2, 0) is 20.7 Å². The topological polar surface area (TPSA) is 80.4 Å². The number of benzene rings is 1. The van der Waals surface area contributed by atoms with Crippen LogP contribution in [0, 0.1) is 0 Å². The smallest absolute Gasteiger partial charge is 0.422 e. The molecule has 2 N–H and O–H groups in total. The van der Waals surface area contributed by atoms with Gasteiger partial charge < -0.3 is 19.8 Å². The molecule has 0 aliphatic carbocycles. The fraction of sp³-hybridized carbons (Fsp3) is 0.444. The molecule has 0 bridgehead atoms. The fourth-order valence-corrected chi connectivity index (χ4v) is 2.42. The number of fused-ring (bicyclic) bond motifs is 1. The van der Waals surface area contributed by atoms with Crippen LogP contribution in [0.5, 0.6) is 0 Å². The molecule has 2 rings (SSSR count). The van der Waals surface area contributed by atoms with Gasteiger partial charge in [0.1, 0.15) is 11.6 Å². The summed E-state index contributed by atoms with van der Waals surface area (Å²) in [5.74, 6) is -1.19. The minimum Gasteiger partial charge on any atom is -0.454 e. The Hall–Kier alpha value is -2.71. The summed E-state index contributed by atoms with van der Waals surface area (Å²) >= 11 is 0.